The summed E-state index contributed by atoms with van der Waals surface area (Å²) in [6, 6.07) is 20.7. The minimum atomic E-state index is -0.346. The number of nitrogens with one attached hydrogen (secondary N) is 1. The summed E-state index contributed by atoms with van der Waals surface area (Å²) in [5.74, 6) is 0.843. The molecular weight excluding hydrogens is 381 g/mol. The molecule has 0 saturated carbocycles. The molecule has 0 aliphatic rings. The number of aromatic nitrogens is 2. The number of fused-ring (bicyclic) bond motifs is 1. The molecule has 0 fully saturated rings. The minimum absolute atomic E-state index is 0.217. The normalized spacial score (nSPS) is 11.1. The van der Waals surface area contributed by atoms with Crippen molar-refractivity contribution in [2.75, 3.05) is 19.1 Å². The molecule has 0 aliphatic carbocycles. The average molecular weight is 401 g/mol. The standard InChI is InChI=1S/C24H20FN3O2/c1-30-22-11-5-2-7-17(22)8-6-16-26-28-23(18-12-14-19(25)15-13-18)27-21-10-4-3-9-20(21)24(28)29/h2-15,26H,16H2,1H3/b8-6+. The zero-order valence-electron chi connectivity index (χ0n) is 16.4. The van der Waals surface area contributed by atoms with Crippen LogP contribution in [0.1, 0.15) is 5.56 Å². The Morgan fingerprint density at radius 3 is 2.57 bits per heavy atom. The first-order valence-electron chi connectivity index (χ1n) is 9.48. The van der Waals surface area contributed by atoms with Crippen LogP contribution >= 0.6 is 0 Å². The molecule has 0 radical (unpaired) electrons. The molecule has 0 unspecified atom stereocenters. The Bertz CT molecular complexity index is 1260. The van der Waals surface area contributed by atoms with E-state index < -0.39 is 0 Å². The zero-order valence-corrected chi connectivity index (χ0v) is 16.4. The van der Waals surface area contributed by atoms with E-state index in [0.717, 1.165) is 11.3 Å². The van der Waals surface area contributed by atoms with Crippen LogP contribution in [0, 0.1) is 5.82 Å². The number of ether oxygens (including phenoxy) is 1. The summed E-state index contributed by atoms with van der Waals surface area (Å²) in [4.78, 5) is 17.7. The van der Waals surface area contributed by atoms with Gasteiger partial charge in [0.05, 0.1) is 18.0 Å². The molecule has 150 valence electrons. The van der Waals surface area contributed by atoms with Gasteiger partial charge in [-0.05, 0) is 42.5 Å². The third-order valence-electron chi connectivity index (χ3n) is 4.68. The van der Waals surface area contributed by atoms with Crippen LogP contribution in [0.25, 0.3) is 28.4 Å². The highest BCUT2D eigenvalue weighted by atomic mass is 19.1. The van der Waals surface area contributed by atoms with Gasteiger partial charge in [-0.25, -0.2) is 14.1 Å². The van der Waals surface area contributed by atoms with Gasteiger partial charge in [-0.1, -0.05) is 42.5 Å². The Morgan fingerprint density at radius 2 is 1.77 bits per heavy atom. The third-order valence-corrected chi connectivity index (χ3v) is 4.68. The molecular formula is C24H20FN3O2. The van der Waals surface area contributed by atoms with Crippen molar-refractivity contribution in [2.45, 2.75) is 0 Å². The zero-order chi connectivity index (χ0) is 20.9. The largest absolute Gasteiger partial charge is 0.496 e. The molecule has 4 aromatic rings. The Morgan fingerprint density at radius 1 is 1.03 bits per heavy atom. The fourth-order valence-electron chi connectivity index (χ4n) is 3.21. The molecule has 0 atom stereocenters. The van der Waals surface area contributed by atoms with Gasteiger partial charge >= 0.3 is 0 Å². The van der Waals surface area contributed by atoms with E-state index in [1.807, 2.05) is 42.5 Å². The van der Waals surface area contributed by atoms with E-state index in [-0.39, 0.29) is 11.4 Å². The van der Waals surface area contributed by atoms with Gasteiger partial charge < -0.3 is 10.2 Å². The molecule has 1 aromatic heterocycles. The molecule has 1 heterocycles. The quantitative estimate of drug-likeness (QED) is 0.518. The van der Waals surface area contributed by atoms with Gasteiger partial charge in [-0.15, -0.1) is 0 Å². The van der Waals surface area contributed by atoms with Crippen LogP contribution in [-0.2, 0) is 0 Å². The van der Waals surface area contributed by atoms with Crippen molar-refractivity contribution in [3.05, 3.63) is 101 Å². The molecule has 0 bridgehead atoms. The van der Waals surface area contributed by atoms with E-state index in [1.165, 1.54) is 16.8 Å². The molecule has 4 rings (SSSR count). The summed E-state index contributed by atoms with van der Waals surface area (Å²) in [5, 5.41) is 0.504. The van der Waals surface area contributed by atoms with Crippen molar-refractivity contribution in [3.8, 4) is 17.1 Å². The van der Waals surface area contributed by atoms with E-state index in [1.54, 1.807) is 37.4 Å². The number of hydrogen-bond acceptors (Lipinski definition) is 4. The van der Waals surface area contributed by atoms with Crippen molar-refractivity contribution >= 4 is 17.0 Å². The SMILES string of the molecule is COc1ccccc1/C=C/CNn1c(-c2ccc(F)cc2)nc2ccccc2c1=O. The van der Waals surface area contributed by atoms with Crippen LogP contribution < -0.4 is 15.7 Å². The van der Waals surface area contributed by atoms with E-state index in [0.29, 0.717) is 28.8 Å². The molecule has 6 heteroatoms. The number of para-hydroxylation sites is 2. The van der Waals surface area contributed by atoms with Gasteiger partial charge in [0.2, 0.25) is 0 Å². The Balaban J connectivity index is 1.69. The molecule has 3 aromatic carbocycles. The Kier molecular flexibility index (Phi) is 5.57. The number of nitrogens with zero attached hydrogens (tertiary/aromatic N) is 2. The van der Waals surface area contributed by atoms with Gasteiger partial charge in [0.25, 0.3) is 5.56 Å². The summed E-state index contributed by atoms with van der Waals surface area (Å²) in [5.41, 5.74) is 5.06. The summed E-state index contributed by atoms with van der Waals surface area (Å²) < 4.78 is 20.1. The first kappa shape index (κ1) is 19.4. The van der Waals surface area contributed by atoms with Gasteiger partial charge in [0.1, 0.15) is 11.6 Å². The van der Waals surface area contributed by atoms with Gasteiger partial charge in [-0.2, -0.15) is 0 Å². The van der Waals surface area contributed by atoms with Gasteiger partial charge in [0, 0.05) is 17.7 Å². The highest BCUT2D eigenvalue weighted by molar-refractivity contribution is 5.79. The Hall–Kier alpha value is -3.93. The molecule has 0 aliphatic heterocycles. The predicted molar refractivity (Wildman–Crippen MR) is 118 cm³/mol. The van der Waals surface area contributed by atoms with Crippen LogP contribution in [0.2, 0.25) is 0 Å². The van der Waals surface area contributed by atoms with E-state index in [9.17, 15) is 9.18 Å². The molecule has 5 nitrogen and oxygen atoms in total. The maximum Gasteiger partial charge on any atom is 0.280 e. The second-order valence-corrected chi connectivity index (χ2v) is 6.61. The Labute approximate surface area is 173 Å². The van der Waals surface area contributed by atoms with Crippen molar-refractivity contribution in [1.29, 1.82) is 0 Å². The van der Waals surface area contributed by atoms with Crippen molar-refractivity contribution < 1.29 is 9.13 Å². The average Bonchev–Trinajstić information content (AvgIpc) is 2.78. The van der Waals surface area contributed by atoms with Gasteiger partial charge in [0.15, 0.2) is 5.82 Å². The highest BCUT2D eigenvalue weighted by Crippen LogP contribution is 2.20. The van der Waals surface area contributed by atoms with Crippen LogP contribution in [0.5, 0.6) is 5.75 Å². The summed E-state index contributed by atoms with van der Waals surface area (Å²) in [7, 11) is 1.63. The maximum absolute atomic E-state index is 13.4. The molecule has 1 N–H and O–H groups in total. The second-order valence-electron chi connectivity index (χ2n) is 6.61. The van der Waals surface area contributed by atoms with E-state index in [2.05, 4.69) is 10.4 Å². The monoisotopic (exact) mass is 401 g/mol. The maximum atomic E-state index is 13.4. The highest BCUT2D eigenvalue weighted by Gasteiger charge is 2.12. The van der Waals surface area contributed by atoms with E-state index >= 15 is 0 Å². The third kappa shape index (κ3) is 3.93. The molecule has 0 amide bonds. The second kappa shape index (κ2) is 8.61. The lowest BCUT2D eigenvalue weighted by Gasteiger charge is -2.14. The first-order valence-corrected chi connectivity index (χ1v) is 9.48. The van der Waals surface area contributed by atoms with Crippen molar-refractivity contribution in [3.63, 3.8) is 0 Å². The summed E-state index contributed by atoms with van der Waals surface area (Å²) >= 11 is 0. The molecule has 30 heavy (non-hydrogen) atoms. The lowest BCUT2D eigenvalue weighted by atomic mass is 10.2. The van der Waals surface area contributed by atoms with Crippen molar-refractivity contribution in [1.82, 2.24) is 9.66 Å². The molecule has 0 saturated heterocycles. The minimum Gasteiger partial charge on any atom is -0.496 e. The predicted octanol–water partition coefficient (Wildman–Crippen LogP) is 4.47. The van der Waals surface area contributed by atoms with Gasteiger partial charge in [-0.3, -0.25) is 4.79 Å². The van der Waals surface area contributed by atoms with E-state index in [4.69, 9.17) is 4.74 Å². The van der Waals surface area contributed by atoms with Crippen LogP contribution in [0.3, 0.4) is 0 Å². The fourth-order valence-corrected chi connectivity index (χ4v) is 3.21. The summed E-state index contributed by atoms with van der Waals surface area (Å²) in [6.45, 7) is 0.381. The van der Waals surface area contributed by atoms with Crippen LogP contribution in [0.15, 0.2) is 83.7 Å². The fraction of sp³-hybridized carbons (Fsp3) is 0.0833. The molecule has 0 spiro atoms. The number of methoxy groups -OCH3 is 1. The number of rotatable bonds is 6. The lowest BCUT2D eigenvalue weighted by molar-refractivity contribution is 0.414. The van der Waals surface area contributed by atoms with Crippen molar-refractivity contribution in [2.24, 2.45) is 0 Å². The number of benzene rings is 3. The first-order chi connectivity index (χ1) is 14.7. The number of hydrogen-bond donors (Lipinski definition) is 1. The van der Waals surface area contributed by atoms with Crippen LogP contribution in [0.4, 0.5) is 4.39 Å². The smallest absolute Gasteiger partial charge is 0.280 e. The number of halogens is 1. The summed E-state index contributed by atoms with van der Waals surface area (Å²) in [6.07, 6.45) is 3.82. The van der Waals surface area contributed by atoms with Crippen LogP contribution in [-0.4, -0.2) is 23.3 Å². The topological polar surface area (TPSA) is 56.1 Å². The lowest BCUT2D eigenvalue weighted by Crippen LogP contribution is -2.31.